The number of benzene rings is 2. The van der Waals surface area contributed by atoms with Crippen molar-refractivity contribution in [1.29, 1.82) is 0 Å². The van der Waals surface area contributed by atoms with Crippen molar-refractivity contribution in [2.45, 2.75) is 0 Å². The van der Waals surface area contributed by atoms with Crippen molar-refractivity contribution in [1.82, 2.24) is 0 Å². The molecule has 5 rings (SSSR count). The molecule has 12 heteroatoms. The summed E-state index contributed by atoms with van der Waals surface area (Å²) < 4.78 is 29.7. The molecule has 0 spiro atoms. The monoisotopic (exact) mass is 530 g/mol. The minimum atomic E-state index is -1.48. The normalized spacial score (nSPS) is 16.4. The van der Waals surface area contributed by atoms with Gasteiger partial charge in [0.25, 0.3) is 0 Å². The quantitative estimate of drug-likeness (QED) is 0.270. The molecule has 0 bridgehead atoms. The first-order chi connectivity index (χ1) is 18.6. The third kappa shape index (κ3) is 15.2. The van der Waals surface area contributed by atoms with E-state index < -0.39 is 14.2 Å². The Morgan fingerprint density at radius 2 is 0.605 bits per heavy atom. The zero-order valence-electron chi connectivity index (χ0n) is 21.5. The summed E-state index contributed by atoms with van der Waals surface area (Å²) in [6.45, 7) is 9.33. The Kier molecular flexibility index (Phi) is 17.4. The van der Waals surface area contributed by atoms with Crippen LogP contribution in [0.5, 0.6) is 0 Å². The van der Waals surface area contributed by atoms with E-state index in [-0.39, 0.29) is 0 Å². The maximum Gasteiger partial charge on any atom is 0.488 e. The molecule has 0 radical (unpaired) electrons. The van der Waals surface area contributed by atoms with Crippen LogP contribution in [0, 0.1) is 11.8 Å². The van der Waals surface area contributed by atoms with Gasteiger partial charge in [0.15, 0.2) is 0 Å². The van der Waals surface area contributed by atoms with E-state index in [1.807, 2.05) is 0 Å². The summed E-state index contributed by atoms with van der Waals surface area (Å²) in [6.07, 6.45) is 0. The Morgan fingerprint density at radius 3 is 0.763 bits per heavy atom. The fourth-order valence-electron chi connectivity index (χ4n) is 2.94. The van der Waals surface area contributed by atoms with Crippen LogP contribution in [0.3, 0.4) is 0 Å². The molecule has 3 fully saturated rings. The van der Waals surface area contributed by atoms with Gasteiger partial charge in [-0.1, -0.05) is 36.1 Å². The zero-order chi connectivity index (χ0) is 27.3. The summed E-state index contributed by atoms with van der Waals surface area (Å²) in [5, 5.41) is 35.9. The number of rotatable bonds is 2. The highest BCUT2D eigenvalue weighted by Gasteiger charge is 2.10. The predicted octanol–water partition coefficient (Wildman–Crippen LogP) is -1.45. The molecule has 0 saturated carbocycles. The first-order valence-corrected chi connectivity index (χ1v) is 12.5. The molecule has 2 aromatic rings. The SMILES string of the molecule is C1COCCO1.C1COCCO1.C1COCCO1.OB(O)c1ccc(C#Cc2ccc(B(O)O)cc2)cc1. The fraction of sp³-hybridized carbons (Fsp3) is 0.462. The van der Waals surface area contributed by atoms with Crippen LogP contribution >= 0.6 is 0 Å². The highest BCUT2D eigenvalue weighted by molar-refractivity contribution is 6.58. The Morgan fingerprint density at radius 1 is 0.395 bits per heavy atom. The lowest BCUT2D eigenvalue weighted by Crippen LogP contribution is -2.29. The maximum atomic E-state index is 8.97. The van der Waals surface area contributed by atoms with Gasteiger partial charge in [0.1, 0.15) is 0 Å². The van der Waals surface area contributed by atoms with Gasteiger partial charge in [-0.3, -0.25) is 0 Å². The first kappa shape index (κ1) is 31.9. The van der Waals surface area contributed by atoms with Crippen molar-refractivity contribution in [3.05, 3.63) is 59.7 Å². The predicted molar refractivity (Wildman–Crippen MR) is 143 cm³/mol. The number of ether oxygens (including phenoxy) is 6. The second kappa shape index (κ2) is 20.7. The molecule has 3 aliphatic rings. The third-order valence-corrected chi connectivity index (χ3v) is 5.00. The molecule has 0 atom stereocenters. The molecule has 3 aliphatic heterocycles. The molecule has 38 heavy (non-hydrogen) atoms. The van der Waals surface area contributed by atoms with Gasteiger partial charge in [-0.25, -0.2) is 0 Å². The molecule has 206 valence electrons. The molecule has 0 aromatic heterocycles. The number of hydrogen-bond donors (Lipinski definition) is 4. The van der Waals surface area contributed by atoms with Gasteiger partial charge in [0.2, 0.25) is 0 Å². The third-order valence-electron chi connectivity index (χ3n) is 5.00. The van der Waals surface area contributed by atoms with Crippen LogP contribution in [0.15, 0.2) is 48.5 Å². The zero-order valence-corrected chi connectivity index (χ0v) is 21.5. The van der Waals surface area contributed by atoms with E-state index in [0.29, 0.717) is 10.9 Å². The van der Waals surface area contributed by atoms with Crippen LogP contribution in [0.2, 0.25) is 0 Å². The molecule has 3 saturated heterocycles. The van der Waals surface area contributed by atoms with E-state index in [0.717, 1.165) is 90.4 Å². The molecule has 10 nitrogen and oxygen atoms in total. The van der Waals surface area contributed by atoms with Crippen LogP contribution in [0.4, 0.5) is 0 Å². The van der Waals surface area contributed by atoms with Crippen molar-refractivity contribution in [2.75, 3.05) is 79.3 Å². The average molecular weight is 530 g/mol. The Balaban J connectivity index is 0.000000225. The molecule has 4 N–H and O–H groups in total. The summed E-state index contributed by atoms with van der Waals surface area (Å²) >= 11 is 0. The van der Waals surface area contributed by atoms with Gasteiger partial charge in [-0.2, -0.15) is 0 Å². The van der Waals surface area contributed by atoms with Crippen molar-refractivity contribution < 1.29 is 48.5 Å². The van der Waals surface area contributed by atoms with E-state index in [4.69, 9.17) is 48.5 Å². The average Bonchev–Trinajstić information content (AvgIpc) is 3.00. The van der Waals surface area contributed by atoms with Gasteiger partial charge in [0.05, 0.1) is 79.3 Å². The molecule has 0 aliphatic carbocycles. The molecule has 3 heterocycles. The van der Waals surface area contributed by atoms with Gasteiger partial charge in [-0.15, -0.1) is 0 Å². The lowest BCUT2D eigenvalue weighted by molar-refractivity contribution is -0.0334. The van der Waals surface area contributed by atoms with Crippen LogP contribution in [-0.2, 0) is 28.4 Å². The summed E-state index contributed by atoms with van der Waals surface area (Å²) in [5.41, 5.74) is 2.33. The van der Waals surface area contributed by atoms with Gasteiger partial charge < -0.3 is 48.5 Å². The van der Waals surface area contributed by atoms with E-state index in [2.05, 4.69) is 11.8 Å². The highest BCUT2D eigenvalue weighted by Crippen LogP contribution is 1.98. The van der Waals surface area contributed by atoms with Crippen LogP contribution in [0.1, 0.15) is 11.1 Å². The largest absolute Gasteiger partial charge is 0.488 e. The highest BCUT2D eigenvalue weighted by atomic mass is 16.6. The van der Waals surface area contributed by atoms with Crippen molar-refractivity contribution in [3.8, 4) is 11.8 Å². The molecule has 0 amide bonds. The smallest absolute Gasteiger partial charge is 0.423 e. The topological polar surface area (TPSA) is 136 Å². The van der Waals surface area contributed by atoms with Gasteiger partial charge >= 0.3 is 14.2 Å². The minimum Gasteiger partial charge on any atom is -0.423 e. The van der Waals surface area contributed by atoms with E-state index in [1.54, 1.807) is 48.5 Å². The fourth-order valence-corrected chi connectivity index (χ4v) is 2.94. The summed E-state index contributed by atoms with van der Waals surface area (Å²) in [4.78, 5) is 0. The summed E-state index contributed by atoms with van der Waals surface area (Å²) in [5.74, 6) is 5.88. The Labute approximate surface area is 224 Å². The van der Waals surface area contributed by atoms with Crippen molar-refractivity contribution >= 4 is 25.2 Å². The minimum absolute atomic E-state index is 0.414. The molecular weight excluding hydrogens is 494 g/mol. The first-order valence-electron chi connectivity index (χ1n) is 12.5. The Hall–Kier alpha value is -2.27. The van der Waals surface area contributed by atoms with E-state index in [9.17, 15) is 0 Å². The second-order valence-corrected chi connectivity index (χ2v) is 7.92. The van der Waals surface area contributed by atoms with Crippen molar-refractivity contribution in [3.63, 3.8) is 0 Å². The standard InChI is InChI=1S/C14H12B2O4.3C4H8O2/c17-15(18)13-7-3-11(4-8-13)1-2-12-5-9-14(10-6-12)16(19)20;3*1-2-6-4-3-5-1/h3-10,17-20H;3*1-4H2. The lowest BCUT2D eigenvalue weighted by Gasteiger charge is -2.09. The molecular formula is C26H36B2O10. The molecule has 2 aromatic carbocycles. The number of hydrogen-bond acceptors (Lipinski definition) is 10. The van der Waals surface area contributed by atoms with Gasteiger partial charge in [0, 0.05) is 11.1 Å². The summed E-state index contributed by atoms with van der Waals surface area (Å²) in [7, 11) is -2.95. The van der Waals surface area contributed by atoms with E-state index in [1.165, 1.54) is 0 Å². The van der Waals surface area contributed by atoms with Crippen LogP contribution < -0.4 is 10.9 Å². The molecule has 0 unspecified atom stereocenters. The lowest BCUT2D eigenvalue weighted by atomic mass is 9.80. The maximum absolute atomic E-state index is 8.97. The summed E-state index contributed by atoms with van der Waals surface area (Å²) in [6, 6.07) is 13.2. The van der Waals surface area contributed by atoms with Crippen LogP contribution in [-0.4, -0.2) is 114 Å². The van der Waals surface area contributed by atoms with E-state index >= 15 is 0 Å². The Bertz CT molecular complexity index is 784. The van der Waals surface area contributed by atoms with Crippen molar-refractivity contribution in [2.24, 2.45) is 0 Å². The second-order valence-electron chi connectivity index (χ2n) is 7.92. The van der Waals surface area contributed by atoms with Gasteiger partial charge in [-0.05, 0) is 35.2 Å². The van der Waals surface area contributed by atoms with Crippen LogP contribution in [0.25, 0.3) is 0 Å².